The van der Waals surface area contributed by atoms with Crippen molar-refractivity contribution in [3.8, 4) is 5.75 Å². The molecule has 4 rings (SSSR count). The molecule has 34 heavy (non-hydrogen) atoms. The lowest BCUT2D eigenvalue weighted by Crippen LogP contribution is -2.40. The first kappa shape index (κ1) is 24.4. The Balaban J connectivity index is 1.37. The summed E-state index contributed by atoms with van der Waals surface area (Å²) in [6.45, 7) is 0.683. The number of carbonyl (C=O) groups excluding carboxylic acids is 1. The third-order valence-electron chi connectivity index (χ3n) is 5.87. The third kappa shape index (κ3) is 5.84. The van der Waals surface area contributed by atoms with Gasteiger partial charge >= 0.3 is 0 Å². The van der Waals surface area contributed by atoms with Gasteiger partial charge in [-0.25, -0.2) is 12.8 Å². The van der Waals surface area contributed by atoms with Gasteiger partial charge in [0.1, 0.15) is 18.2 Å². The van der Waals surface area contributed by atoms with E-state index in [1.165, 1.54) is 16.4 Å². The minimum absolute atomic E-state index is 0.000799. The van der Waals surface area contributed by atoms with Crippen LogP contribution in [-0.2, 0) is 27.8 Å². The van der Waals surface area contributed by atoms with Crippen LogP contribution in [0.5, 0.6) is 5.75 Å². The van der Waals surface area contributed by atoms with Crippen molar-refractivity contribution in [1.29, 1.82) is 0 Å². The number of Topliss-reactive ketones (excluding diaryl/α,β-unsaturated/α-hetero) is 1. The van der Waals surface area contributed by atoms with Crippen LogP contribution in [0.4, 0.5) is 4.39 Å². The van der Waals surface area contributed by atoms with Crippen LogP contribution in [0.25, 0.3) is 0 Å². The molecule has 0 aliphatic carbocycles. The van der Waals surface area contributed by atoms with Gasteiger partial charge in [0.15, 0.2) is 5.78 Å². The fourth-order valence-corrected chi connectivity index (χ4v) is 5.87. The van der Waals surface area contributed by atoms with E-state index >= 15 is 0 Å². The largest absolute Gasteiger partial charge is 0.489 e. The maximum atomic E-state index is 13.2. The summed E-state index contributed by atoms with van der Waals surface area (Å²) in [5.41, 5.74) is 1.93. The number of carbonyl (C=O) groups is 1. The Morgan fingerprint density at radius 1 is 1.03 bits per heavy atom. The lowest BCUT2D eigenvalue weighted by atomic mass is 10.0. The summed E-state index contributed by atoms with van der Waals surface area (Å²) in [6.07, 6.45) is 1.81. The second kappa shape index (κ2) is 10.7. The van der Waals surface area contributed by atoms with Gasteiger partial charge in [0.2, 0.25) is 10.0 Å². The van der Waals surface area contributed by atoms with Gasteiger partial charge in [-0.1, -0.05) is 35.9 Å². The molecule has 0 unspecified atom stereocenters. The van der Waals surface area contributed by atoms with E-state index < -0.39 is 21.9 Å². The van der Waals surface area contributed by atoms with Gasteiger partial charge in [0.25, 0.3) is 0 Å². The van der Waals surface area contributed by atoms with Gasteiger partial charge in [0, 0.05) is 18.0 Å². The molecule has 0 amide bonds. The van der Waals surface area contributed by atoms with Crippen LogP contribution in [0.15, 0.2) is 77.7 Å². The first-order chi connectivity index (χ1) is 16.3. The van der Waals surface area contributed by atoms with E-state index in [0.717, 1.165) is 23.3 Å². The van der Waals surface area contributed by atoms with Gasteiger partial charge in [0.05, 0.1) is 10.9 Å². The first-order valence-electron chi connectivity index (χ1n) is 11.1. The SMILES string of the molecule is O=C(CCc1cccc(OCc2ccc(Cl)cc2)c1)[C@@H]1CCCN1S(=O)(=O)c1ccc(F)cc1. The summed E-state index contributed by atoms with van der Waals surface area (Å²) in [5.74, 6) is 0.0734. The molecule has 0 bridgehead atoms. The molecule has 1 aliphatic rings. The van der Waals surface area contributed by atoms with Crippen LogP contribution in [-0.4, -0.2) is 31.1 Å². The summed E-state index contributed by atoms with van der Waals surface area (Å²) >= 11 is 5.91. The molecule has 0 saturated carbocycles. The van der Waals surface area contributed by atoms with E-state index in [0.29, 0.717) is 36.6 Å². The zero-order chi connectivity index (χ0) is 24.1. The molecule has 0 N–H and O–H groups in total. The average molecular weight is 502 g/mol. The second-order valence-corrected chi connectivity index (χ2v) is 10.6. The Hall–Kier alpha value is -2.74. The number of ether oxygens (including phenoxy) is 1. The van der Waals surface area contributed by atoms with E-state index in [1.807, 2.05) is 48.5 Å². The van der Waals surface area contributed by atoms with Crippen LogP contribution in [0.1, 0.15) is 30.4 Å². The van der Waals surface area contributed by atoms with Crippen molar-refractivity contribution in [2.75, 3.05) is 6.54 Å². The molecule has 3 aromatic rings. The van der Waals surface area contributed by atoms with Crippen LogP contribution in [0.2, 0.25) is 5.02 Å². The van der Waals surface area contributed by atoms with Crippen molar-refractivity contribution in [3.05, 3.63) is 94.8 Å². The Labute approximate surface area is 204 Å². The van der Waals surface area contributed by atoms with E-state index in [4.69, 9.17) is 16.3 Å². The Morgan fingerprint density at radius 2 is 1.76 bits per heavy atom. The molecule has 5 nitrogen and oxygen atoms in total. The van der Waals surface area contributed by atoms with Gasteiger partial charge in [-0.3, -0.25) is 4.79 Å². The molecule has 1 atom stereocenters. The highest BCUT2D eigenvalue weighted by Crippen LogP contribution is 2.28. The van der Waals surface area contributed by atoms with E-state index in [9.17, 15) is 17.6 Å². The molecule has 3 aromatic carbocycles. The summed E-state index contributed by atoms with van der Waals surface area (Å²) < 4.78 is 46.4. The molecule has 0 radical (unpaired) electrons. The van der Waals surface area contributed by atoms with E-state index in [-0.39, 0.29) is 23.6 Å². The summed E-state index contributed by atoms with van der Waals surface area (Å²) in [7, 11) is -3.86. The summed E-state index contributed by atoms with van der Waals surface area (Å²) in [6, 6.07) is 19.0. The predicted molar refractivity (Wildman–Crippen MR) is 129 cm³/mol. The fourth-order valence-electron chi connectivity index (χ4n) is 4.06. The second-order valence-electron chi connectivity index (χ2n) is 8.26. The topological polar surface area (TPSA) is 63.7 Å². The number of aryl methyl sites for hydroxylation is 1. The fraction of sp³-hybridized carbons (Fsp3) is 0.269. The van der Waals surface area contributed by atoms with Gasteiger partial charge in [-0.15, -0.1) is 0 Å². The van der Waals surface area contributed by atoms with E-state index in [2.05, 4.69) is 0 Å². The molecule has 0 aromatic heterocycles. The highest BCUT2D eigenvalue weighted by molar-refractivity contribution is 7.89. The van der Waals surface area contributed by atoms with Gasteiger partial charge in [-0.2, -0.15) is 4.31 Å². The molecule has 178 valence electrons. The van der Waals surface area contributed by atoms with E-state index in [1.54, 1.807) is 0 Å². The highest BCUT2D eigenvalue weighted by atomic mass is 35.5. The highest BCUT2D eigenvalue weighted by Gasteiger charge is 2.38. The molecule has 1 heterocycles. The number of ketones is 1. The number of nitrogens with zero attached hydrogens (tertiary/aromatic N) is 1. The molecule has 1 saturated heterocycles. The summed E-state index contributed by atoms with van der Waals surface area (Å²) in [4.78, 5) is 13.0. The maximum absolute atomic E-state index is 13.2. The van der Waals surface area contributed by atoms with Crippen molar-refractivity contribution in [1.82, 2.24) is 4.31 Å². The van der Waals surface area contributed by atoms with Crippen LogP contribution < -0.4 is 4.74 Å². The molecule has 8 heteroatoms. The molecule has 1 fully saturated rings. The average Bonchev–Trinajstić information content (AvgIpc) is 3.34. The predicted octanol–water partition coefficient (Wildman–Crippen LogP) is 5.41. The third-order valence-corrected chi connectivity index (χ3v) is 8.05. The molecular weight excluding hydrogens is 477 g/mol. The monoisotopic (exact) mass is 501 g/mol. The number of hydrogen-bond donors (Lipinski definition) is 0. The Bertz CT molecular complexity index is 1250. The quantitative estimate of drug-likeness (QED) is 0.393. The van der Waals surface area contributed by atoms with Crippen molar-refractivity contribution in [2.24, 2.45) is 0 Å². The van der Waals surface area contributed by atoms with Crippen molar-refractivity contribution >= 4 is 27.4 Å². The minimum Gasteiger partial charge on any atom is -0.489 e. The number of benzene rings is 3. The number of sulfonamides is 1. The zero-order valence-electron chi connectivity index (χ0n) is 18.5. The number of halogens is 2. The first-order valence-corrected chi connectivity index (χ1v) is 12.9. The standard InChI is InChI=1S/C26H25ClFNO4S/c27-21-9-6-20(7-10-21)18-33-23-4-1-3-19(17-23)8-15-26(30)25-5-2-16-29(25)34(31,32)24-13-11-22(28)12-14-24/h1,3-4,6-7,9-14,17,25H,2,5,8,15-16,18H2/t25-/m0/s1. The van der Waals surface area contributed by atoms with Crippen molar-refractivity contribution in [2.45, 2.75) is 43.2 Å². The smallest absolute Gasteiger partial charge is 0.243 e. The maximum Gasteiger partial charge on any atom is 0.243 e. The van der Waals surface area contributed by atoms with Crippen LogP contribution >= 0.6 is 11.6 Å². The van der Waals surface area contributed by atoms with Gasteiger partial charge < -0.3 is 4.74 Å². The van der Waals surface area contributed by atoms with Gasteiger partial charge in [-0.05, 0) is 78.9 Å². The molecular formula is C26H25ClFNO4S. The molecule has 1 aliphatic heterocycles. The molecule has 0 spiro atoms. The van der Waals surface area contributed by atoms with Crippen LogP contribution in [0, 0.1) is 5.82 Å². The normalized spacial score (nSPS) is 16.5. The number of rotatable bonds is 9. The van der Waals surface area contributed by atoms with Crippen molar-refractivity contribution in [3.63, 3.8) is 0 Å². The summed E-state index contributed by atoms with van der Waals surface area (Å²) in [5, 5.41) is 0.668. The Kier molecular flexibility index (Phi) is 7.66. The number of hydrogen-bond acceptors (Lipinski definition) is 4. The Morgan fingerprint density at radius 3 is 2.50 bits per heavy atom. The van der Waals surface area contributed by atoms with Crippen molar-refractivity contribution < 1.29 is 22.3 Å². The zero-order valence-corrected chi connectivity index (χ0v) is 20.1. The minimum atomic E-state index is -3.86. The lowest BCUT2D eigenvalue weighted by molar-refractivity contribution is -0.122. The van der Waals surface area contributed by atoms with Crippen LogP contribution in [0.3, 0.4) is 0 Å². The lowest BCUT2D eigenvalue weighted by Gasteiger charge is -2.23.